The van der Waals surface area contributed by atoms with Crippen LogP contribution in [-0.2, 0) is 14.2 Å². The lowest BCUT2D eigenvalue weighted by atomic mass is 9.94. The van der Waals surface area contributed by atoms with E-state index in [-0.39, 0.29) is 24.5 Å². The van der Waals surface area contributed by atoms with E-state index in [2.05, 4.69) is 18.8 Å². The van der Waals surface area contributed by atoms with Crippen molar-refractivity contribution in [2.75, 3.05) is 7.11 Å². The summed E-state index contributed by atoms with van der Waals surface area (Å²) in [5.41, 5.74) is 0. The molecule has 0 N–H and O–H groups in total. The highest BCUT2D eigenvalue weighted by Crippen LogP contribution is 2.28. The lowest BCUT2D eigenvalue weighted by Gasteiger charge is -2.38. The van der Waals surface area contributed by atoms with E-state index in [4.69, 9.17) is 14.2 Å². The van der Waals surface area contributed by atoms with Crippen LogP contribution < -0.4 is 0 Å². The summed E-state index contributed by atoms with van der Waals surface area (Å²) < 4.78 is 16.9. The maximum absolute atomic E-state index is 5.87. The maximum Gasteiger partial charge on any atom is 0.194 e. The monoisotopic (exact) mass is 243 g/mol. The fraction of sp³-hybridized carbons (Fsp3) is 0.923. The Bertz CT molecular complexity index is 265. The summed E-state index contributed by atoms with van der Waals surface area (Å²) in [6, 6.07) is 0.245. The van der Waals surface area contributed by atoms with Gasteiger partial charge in [-0.3, -0.25) is 4.99 Å². The number of hydrogen-bond acceptors (Lipinski definition) is 4. The highest BCUT2D eigenvalue weighted by Gasteiger charge is 2.37. The second-order valence-corrected chi connectivity index (χ2v) is 5.09. The summed E-state index contributed by atoms with van der Waals surface area (Å²) >= 11 is 0. The van der Waals surface area contributed by atoms with Crippen LogP contribution in [0.1, 0.15) is 41.0 Å². The Labute approximate surface area is 104 Å². The summed E-state index contributed by atoms with van der Waals surface area (Å²) in [6.45, 7) is 10.2. The lowest BCUT2D eigenvalue weighted by molar-refractivity contribution is -0.236. The lowest BCUT2D eigenvalue weighted by Crippen LogP contribution is -2.46. The smallest absolute Gasteiger partial charge is 0.194 e. The van der Waals surface area contributed by atoms with Gasteiger partial charge in [0.15, 0.2) is 18.3 Å². The first-order valence-corrected chi connectivity index (χ1v) is 6.33. The van der Waals surface area contributed by atoms with Crippen molar-refractivity contribution in [3.63, 3.8) is 0 Å². The number of aliphatic imine (C=N–C) groups is 1. The molecular formula is C13H25NO3. The zero-order chi connectivity index (χ0) is 13.0. The predicted octanol–water partition coefficient (Wildman–Crippen LogP) is 2.62. The van der Waals surface area contributed by atoms with Crippen molar-refractivity contribution in [3.8, 4) is 0 Å². The quantitative estimate of drug-likeness (QED) is 0.565. The minimum atomic E-state index is -0.300. The van der Waals surface area contributed by atoms with Crippen LogP contribution in [0.25, 0.3) is 0 Å². The van der Waals surface area contributed by atoms with Crippen molar-refractivity contribution in [1.29, 1.82) is 0 Å². The van der Waals surface area contributed by atoms with E-state index >= 15 is 0 Å². The van der Waals surface area contributed by atoms with Gasteiger partial charge in [-0.25, -0.2) is 0 Å². The zero-order valence-corrected chi connectivity index (χ0v) is 11.8. The summed E-state index contributed by atoms with van der Waals surface area (Å²) in [4.78, 5) is 4.38. The molecule has 1 rings (SSSR count). The van der Waals surface area contributed by atoms with Crippen molar-refractivity contribution in [2.24, 2.45) is 10.9 Å². The Morgan fingerprint density at radius 2 is 2.00 bits per heavy atom. The van der Waals surface area contributed by atoms with Crippen LogP contribution in [-0.4, -0.2) is 37.5 Å². The van der Waals surface area contributed by atoms with Crippen molar-refractivity contribution in [3.05, 3.63) is 0 Å². The largest absolute Gasteiger partial charge is 0.472 e. The minimum absolute atomic E-state index is 0.0706. The number of methoxy groups -OCH3 is 1. The number of hydrogen-bond donors (Lipinski definition) is 0. The topological polar surface area (TPSA) is 40.0 Å². The van der Waals surface area contributed by atoms with E-state index in [9.17, 15) is 0 Å². The van der Waals surface area contributed by atoms with Crippen LogP contribution in [0.15, 0.2) is 4.99 Å². The molecule has 0 aliphatic carbocycles. The van der Waals surface area contributed by atoms with Gasteiger partial charge >= 0.3 is 0 Å². The molecule has 4 nitrogen and oxygen atoms in total. The average molecular weight is 243 g/mol. The molecule has 0 amide bonds. The second kappa shape index (κ2) is 6.36. The van der Waals surface area contributed by atoms with Crippen molar-refractivity contribution in [1.82, 2.24) is 0 Å². The molecule has 0 unspecified atom stereocenters. The van der Waals surface area contributed by atoms with E-state index in [0.717, 1.165) is 6.42 Å². The molecule has 0 spiro atoms. The third kappa shape index (κ3) is 4.28. The van der Waals surface area contributed by atoms with Gasteiger partial charge in [-0.2, -0.15) is 0 Å². The maximum atomic E-state index is 5.87. The minimum Gasteiger partial charge on any atom is -0.472 e. The van der Waals surface area contributed by atoms with Crippen LogP contribution in [0, 0.1) is 5.92 Å². The van der Waals surface area contributed by atoms with Gasteiger partial charge in [0.1, 0.15) is 0 Å². The van der Waals surface area contributed by atoms with E-state index in [1.165, 1.54) is 0 Å². The highest BCUT2D eigenvalue weighted by atomic mass is 16.7. The van der Waals surface area contributed by atoms with Crippen LogP contribution in [0.4, 0.5) is 0 Å². The van der Waals surface area contributed by atoms with Crippen LogP contribution in [0.5, 0.6) is 0 Å². The summed E-state index contributed by atoms with van der Waals surface area (Å²) in [5.74, 6) is 1.11. The fourth-order valence-corrected chi connectivity index (χ4v) is 2.24. The molecule has 1 aliphatic rings. The van der Waals surface area contributed by atoms with Gasteiger partial charge in [0.05, 0.1) is 6.10 Å². The Kier molecular flexibility index (Phi) is 5.40. The van der Waals surface area contributed by atoms with Gasteiger partial charge in [-0.15, -0.1) is 0 Å². The van der Waals surface area contributed by atoms with E-state index in [0.29, 0.717) is 11.8 Å². The van der Waals surface area contributed by atoms with E-state index < -0.39 is 0 Å². The summed E-state index contributed by atoms with van der Waals surface area (Å²) in [7, 11) is 1.65. The molecule has 0 aromatic rings. The third-order valence-electron chi connectivity index (χ3n) is 2.88. The number of rotatable bonds is 3. The molecule has 17 heavy (non-hydrogen) atoms. The Balaban J connectivity index is 2.66. The molecule has 0 saturated carbocycles. The second-order valence-electron chi connectivity index (χ2n) is 5.09. The fourth-order valence-electron chi connectivity index (χ4n) is 2.24. The molecular weight excluding hydrogens is 218 g/mol. The zero-order valence-electron chi connectivity index (χ0n) is 11.8. The van der Waals surface area contributed by atoms with Crippen LogP contribution in [0.3, 0.4) is 0 Å². The highest BCUT2D eigenvalue weighted by molar-refractivity contribution is 5.73. The van der Waals surface area contributed by atoms with Crippen molar-refractivity contribution in [2.45, 2.75) is 65.6 Å². The van der Waals surface area contributed by atoms with Gasteiger partial charge in [0, 0.05) is 26.0 Å². The first kappa shape index (κ1) is 14.5. The molecule has 4 heteroatoms. The molecule has 1 aliphatic heterocycles. The van der Waals surface area contributed by atoms with E-state index in [1.807, 2.05) is 20.8 Å². The molecule has 0 bridgehead atoms. The van der Waals surface area contributed by atoms with Gasteiger partial charge in [0.2, 0.25) is 0 Å². The third-order valence-corrected chi connectivity index (χ3v) is 2.88. The molecule has 1 saturated heterocycles. The van der Waals surface area contributed by atoms with Gasteiger partial charge in [-0.05, 0) is 27.2 Å². The van der Waals surface area contributed by atoms with Gasteiger partial charge in [-0.1, -0.05) is 6.92 Å². The first-order valence-electron chi connectivity index (χ1n) is 6.33. The molecule has 1 heterocycles. The Morgan fingerprint density at radius 3 is 2.53 bits per heavy atom. The van der Waals surface area contributed by atoms with Crippen LogP contribution >= 0.6 is 0 Å². The molecule has 4 atom stereocenters. The average Bonchev–Trinajstić information content (AvgIpc) is 2.20. The predicted molar refractivity (Wildman–Crippen MR) is 68.2 cm³/mol. The van der Waals surface area contributed by atoms with Crippen LogP contribution in [0.2, 0.25) is 0 Å². The molecule has 0 radical (unpaired) electrons. The summed E-state index contributed by atoms with van der Waals surface area (Å²) in [6.07, 6.45) is 0.835. The first-order chi connectivity index (χ1) is 7.93. The van der Waals surface area contributed by atoms with E-state index in [1.54, 1.807) is 7.11 Å². The molecule has 1 fully saturated rings. The van der Waals surface area contributed by atoms with Crippen molar-refractivity contribution < 1.29 is 14.2 Å². The van der Waals surface area contributed by atoms with Gasteiger partial charge in [0.25, 0.3) is 0 Å². The number of ether oxygens (including phenoxy) is 3. The Morgan fingerprint density at radius 1 is 1.35 bits per heavy atom. The molecule has 0 aromatic carbocycles. The summed E-state index contributed by atoms with van der Waals surface area (Å²) in [5, 5.41) is 0. The Hall–Kier alpha value is -0.610. The van der Waals surface area contributed by atoms with Crippen molar-refractivity contribution >= 4 is 5.90 Å². The van der Waals surface area contributed by atoms with Gasteiger partial charge < -0.3 is 14.2 Å². The normalized spacial score (nSPS) is 35.1. The standard InChI is InChI=1S/C13H25NO3/c1-8(2)14-11(5)17-12-9(3)7-10(4)16-13(12)15-6/h8-10,12-13H,7H2,1-6H3/t9-,10+,12+,13+/m0/s1. The molecule has 100 valence electrons. The number of nitrogens with zero attached hydrogens (tertiary/aromatic N) is 1. The SMILES string of the molecule is CO[C@@H]1O[C@H](C)C[C@H](C)[C@H]1OC(C)=NC(C)C. The molecule has 0 aromatic heterocycles.